The van der Waals surface area contributed by atoms with E-state index in [0.29, 0.717) is 28.4 Å². The van der Waals surface area contributed by atoms with Gasteiger partial charge in [-0.1, -0.05) is 31.0 Å². The van der Waals surface area contributed by atoms with Crippen molar-refractivity contribution in [1.82, 2.24) is 0 Å². The number of carbonyl (C=O) groups excluding carboxylic acids is 1. The van der Waals surface area contributed by atoms with E-state index in [0.717, 1.165) is 6.42 Å². The van der Waals surface area contributed by atoms with Crippen LogP contribution >= 0.6 is 24.0 Å². The minimum absolute atomic E-state index is 0. The molecule has 2 rings (SSSR count). The van der Waals surface area contributed by atoms with Crippen molar-refractivity contribution < 1.29 is 13.2 Å². The minimum Gasteiger partial charge on any atom is -0.325 e. The summed E-state index contributed by atoms with van der Waals surface area (Å²) in [7, 11) is -3.82. The first kappa shape index (κ1) is 23.2. The number of rotatable bonds is 7. The molecule has 0 saturated heterocycles. The quantitative estimate of drug-likeness (QED) is 0.617. The lowest BCUT2D eigenvalue weighted by Gasteiger charge is -2.14. The Kier molecular flexibility index (Phi) is 8.56. The molecule has 148 valence electrons. The number of nitrogens with one attached hydrogen (secondary N) is 2. The number of nitrogens with two attached hydrogens (primary N) is 1. The molecule has 0 aromatic heterocycles. The maximum absolute atomic E-state index is 12.7. The van der Waals surface area contributed by atoms with Crippen LogP contribution in [0.5, 0.6) is 0 Å². The van der Waals surface area contributed by atoms with E-state index in [2.05, 4.69) is 10.0 Å². The maximum atomic E-state index is 12.7. The molecule has 0 bridgehead atoms. The fraction of sp³-hybridized carbons (Fsp3) is 0.278. The molecule has 27 heavy (non-hydrogen) atoms. The highest BCUT2D eigenvalue weighted by atomic mass is 35.5. The highest BCUT2D eigenvalue weighted by Gasteiger charge is 2.19. The molecule has 0 spiro atoms. The first-order valence-corrected chi connectivity index (χ1v) is 10.0. The SMILES string of the molecule is CCCC(N)C(=O)Nc1ccc(C)c(S(=O)(=O)Nc2ccc(Cl)cc2)c1.Cl. The van der Waals surface area contributed by atoms with E-state index in [1.807, 2.05) is 6.92 Å². The Labute approximate surface area is 170 Å². The number of aryl methyl sites for hydroxylation is 1. The van der Waals surface area contributed by atoms with Crippen molar-refractivity contribution in [3.8, 4) is 0 Å². The number of hydrogen-bond acceptors (Lipinski definition) is 4. The van der Waals surface area contributed by atoms with Crippen LogP contribution in [0.1, 0.15) is 25.3 Å². The second-order valence-electron chi connectivity index (χ2n) is 5.98. The average molecular weight is 432 g/mol. The van der Waals surface area contributed by atoms with Crippen LogP contribution in [-0.2, 0) is 14.8 Å². The summed E-state index contributed by atoms with van der Waals surface area (Å²) in [4.78, 5) is 12.1. The van der Waals surface area contributed by atoms with Gasteiger partial charge in [0.25, 0.3) is 10.0 Å². The fourth-order valence-electron chi connectivity index (χ4n) is 2.37. The molecule has 1 atom stereocenters. The predicted octanol–water partition coefficient (Wildman–Crippen LogP) is 3.94. The highest BCUT2D eigenvalue weighted by Crippen LogP contribution is 2.24. The Hall–Kier alpha value is -1.80. The lowest BCUT2D eigenvalue weighted by atomic mass is 10.1. The third-order valence-corrected chi connectivity index (χ3v) is 5.55. The van der Waals surface area contributed by atoms with Crippen LogP contribution in [-0.4, -0.2) is 20.4 Å². The first-order chi connectivity index (χ1) is 12.2. The Morgan fingerprint density at radius 2 is 1.74 bits per heavy atom. The molecule has 0 aliphatic rings. The number of hydrogen-bond donors (Lipinski definition) is 3. The maximum Gasteiger partial charge on any atom is 0.262 e. The second-order valence-corrected chi connectivity index (χ2v) is 8.06. The molecular formula is C18H23Cl2N3O3S. The van der Waals surface area contributed by atoms with Crippen molar-refractivity contribution in [1.29, 1.82) is 0 Å². The van der Waals surface area contributed by atoms with E-state index in [9.17, 15) is 13.2 Å². The summed E-state index contributed by atoms with van der Waals surface area (Å²) in [5, 5.41) is 3.18. The molecule has 0 radical (unpaired) electrons. The monoisotopic (exact) mass is 431 g/mol. The second kappa shape index (κ2) is 9.94. The van der Waals surface area contributed by atoms with Crippen LogP contribution in [0.2, 0.25) is 5.02 Å². The standard InChI is InChI=1S/C18H22ClN3O3S.ClH/c1-3-4-16(20)18(23)21-15-8-5-12(2)17(11-15)26(24,25)22-14-9-6-13(19)7-10-14;/h5-11,16,22H,3-4,20H2,1-2H3,(H,21,23);1H. The predicted molar refractivity (Wildman–Crippen MR) is 112 cm³/mol. The molecule has 2 aromatic carbocycles. The molecule has 1 amide bonds. The number of anilines is 2. The van der Waals surface area contributed by atoms with E-state index >= 15 is 0 Å². The van der Waals surface area contributed by atoms with Crippen molar-refractivity contribution in [2.45, 2.75) is 37.6 Å². The summed E-state index contributed by atoms with van der Waals surface area (Å²) < 4.78 is 27.9. The van der Waals surface area contributed by atoms with E-state index in [4.69, 9.17) is 17.3 Å². The van der Waals surface area contributed by atoms with Gasteiger partial charge in [-0.15, -0.1) is 12.4 Å². The highest BCUT2D eigenvalue weighted by molar-refractivity contribution is 7.92. The number of halogens is 2. The molecule has 4 N–H and O–H groups in total. The van der Waals surface area contributed by atoms with Gasteiger partial charge in [-0.05, 0) is 55.3 Å². The molecule has 0 heterocycles. The molecular weight excluding hydrogens is 409 g/mol. The van der Waals surface area contributed by atoms with Crippen LogP contribution in [0.3, 0.4) is 0 Å². The van der Waals surface area contributed by atoms with Crippen LogP contribution < -0.4 is 15.8 Å². The summed E-state index contributed by atoms with van der Waals surface area (Å²) in [5.41, 5.74) is 7.12. The average Bonchev–Trinajstić information content (AvgIpc) is 2.58. The van der Waals surface area contributed by atoms with Crippen molar-refractivity contribution >= 4 is 51.3 Å². The van der Waals surface area contributed by atoms with E-state index in [-0.39, 0.29) is 23.2 Å². The lowest BCUT2D eigenvalue weighted by molar-refractivity contribution is -0.117. The first-order valence-electron chi connectivity index (χ1n) is 8.18. The fourth-order valence-corrected chi connectivity index (χ4v) is 3.83. The van der Waals surface area contributed by atoms with Gasteiger partial charge in [0.05, 0.1) is 10.9 Å². The van der Waals surface area contributed by atoms with Crippen LogP contribution in [0.4, 0.5) is 11.4 Å². The van der Waals surface area contributed by atoms with Gasteiger partial charge in [-0.2, -0.15) is 0 Å². The lowest BCUT2D eigenvalue weighted by Crippen LogP contribution is -2.35. The van der Waals surface area contributed by atoms with E-state index in [1.165, 1.54) is 6.07 Å². The number of carbonyl (C=O) groups is 1. The normalized spacial score (nSPS) is 12.0. The van der Waals surface area contributed by atoms with Gasteiger partial charge >= 0.3 is 0 Å². The van der Waals surface area contributed by atoms with Gasteiger partial charge in [0.15, 0.2) is 0 Å². The Balaban J connectivity index is 0.00000364. The molecule has 0 saturated carbocycles. The third-order valence-electron chi connectivity index (χ3n) is 3.78. The zero-order valence-electron chi connectivity index (χ0n) is 15.0. The van der Waals surface area contributed by atoms with Crippen molar-refractivity contribution in [3.05, 3.63) is 53.1 Å². The van der Waals surface area contributed by atoms with Gasteiger partial charge < -0.3 is 11.1 Å². The van der Waals surface area contributed by atoms with Crippen LogP contribution in [0, 0.1) is 6.92 Å². The van der Waals surface area contributed by atoms with Gasteiger partial charge in [0, 0.05) is 16.4 Å². The molecule has 6 nitrogen and oxygen atoms in total. The number of benzene rings is 2. The van der Waals surface area contributed by atoms with E-state index < -0.39 is 16.1 Å². The van der Waals surface area contributed by atoms with Gasteiger partial charge in [0.1, 0.15) is 0 Å². The summed E-state index contributed by atoms with van der Waals surface area (Å²) in [6, 6.07) is 10.4. The molecule has 0 aliphatic carbocycles. The van der Waals surface area contributed by atoms with Gasteiger partial charge in [-0.3, -0.25) is 9.52 Å². The summed E-state index contributed by atoms with van der Waals surface area (Å²) in [6.45, 7) is 3.62. The van der Waals surface area contributed by atoms with E-state index in [1.54, 1.807) is 43.3 Å². The largest absolute Gasteiger partial charge is 0.325 e. The molecule has 1 unspecified atom stereocenters. The zero-order valence-corrected chi connectivity index (χ0v) is 17.4. The molecule has 0 fully saturated rings. The number of sulfonamides is 1. The van der Waals surface area contributed by atoms with Crippen LogP contribution in [0.15, 0.2) is 47.4 Å². The summed E-state index contributed by atoms with van der Waals surface area (Å²) in [6.07, 6.45) is 1.34. The summed E-state index contributed by atoms with van der Waals surface area (Å²) in [5.74, 6) is -0.343. The van der Waals surface area contributed by atoms with Crippen LogP contribution in [0.25, 0.3) is 0 Å². The number of amides is 1. The topological polar surface area (TPSA) is 101 Å². The van der Waals surface area contributed by atoms with Crippen molar-refractivity contribution in [3.63, 3.8) is 0 Å². The Morgan fingerprint density at radius 1 is 1.15 bits per heavy atom. The Bertz CT molecular complexity index is 887. The molecule has 2 aromatic rings. The van der Waals surface area contributed by atoms with Gasteiger partial charge in [0.2, 0.25) is 5.91 Å². The molecule has 9 heteroatoms. The third kappa shape index (κ3) is 6.39. The zero-order chi connectivity index (χ0) is 19.3. The minimum atomic E-state index is -3.82. The molecule has 0 aliphatic heterocycles. The summed E-state index contributed by atoms with van der Waals surface area (Å²) >= 11 is 5.81. The van der Waals surface area contributed by atoms with Crippen molar-refractivity contribution in [2.24, 2.45) is 5.73 Å². The van der Waals surface area contributed by atoms with Crippen molar-refractivity contribution in [2.75, 3.05) is 10.0 Å². The smallest absolute Gasteiger partial charge is 0.262 e. The Morgan fingerprint density at radius 3 is 2.33 bits per heavy atom. The van der Waals surface area contributed by atoms with Gasteiger partial charge in [-0.25, -0.2) is 8.42 Å².